The first-order chi connectivity index (χ1) is 8.61. The molecule has 0 aliphatic carbocycles. The fourth-order valence-corrected chi connectivity index (χ4v) is 2.49. The van der Waals surface area contributed by atoms with Gasteiger partial charge in [0.2, 0.25) is 5.91 Å². The second kappa shape index (κ2) is 4.34. The van der Waals surface area contributed by atoms with Gasteiger partial charge >= 0.3 is 0 Å². The molecule has 1 atom stereocenters. The van der Waals surface area contributed by atoms with Crippen LogP contribution in [0.4, 0.5) is 5.69 Å². The monoisotopic (exact) mass is 261 g/mol. The minimum absolute atomic E-state index is 0.0185. The van der Waals surface area contributed by atoms with E-state index in [1.165, 1.54) is 0 Å². The first kappa shape index (κ1) is 14.1. The molecule has 1 aromatic carbocycles. The molecule has 2 rings (SSSR count). The van der Waals surface area contributed by atoms with Gasteiger partial charge in [0, 0.05) is 5.69 Å². The average molecular weight is 261 g/mol. The van der Waals surface area contributed by atoms with Gasteiger partial charge in [0.25, 0.3) is 0 Å². The Morgan fingerprint density at radius 2 is 1.95 bits per heavy atom. The van der Waals surface area contributed by atoms with E-state index in [4.69, 9.17) is 0 Å². The summed E-state index contributed by atoms with van der Waals surface area (Å²) in [7, 11) is 0. The van der Waals surface area contributed by atoms with Crippen LogP contribution in [0.1, 0.15) is 58.3 Å². The standard InChI is InChI=1S/C16H23NO2/c1-15(2,3)9-13(18)10-6-7-12-11(8-10)16(4,5)14(19)17-12/h6-8,13,18H,9H2,1-5H3,(H,17,19). The molecule has 0 bridgehead atoms. The zero-order chi connectivity index (χ0) is 14.4. The summed E-state index contributed by atoms with van der Waals surface area (Å²) in [6.45, 7) is 10.2. The number of rotatable bonds is 2. The lowest BCUT2D eigenvalue weighted by atomic mass is 9.83. The Labute approximate surface area is 115 Å². The maximum absolute atomic E-state index is 11.9. The van der Waals surface area contributed by atoms with E-state index in [0.29, 0.717) is 6.42 Å². The van der Waals surface area contributed by atoms with E-state index >= 15 is 0 Å². The quantitative estimate of drug-likeness (QED) is 0.857. The molecule has 3 heteroatoms. The molecule has 19 heavy (non-hydrogen) atoms. The molecule has 1 aliphatic heterocycles. The normalized spacial score (nSPS) is 18.9. The maximum Gasteiger partial charge on any atom is 0.234 e. The van der Waals surface area contributed by atoms with Crippen LogP contribution >= 0.6 is 0 Å². The molecule has 0 aromatic heterocycles. The van der Waals surface area contributed by atoms with E-state index in [9.17, 15) is 9.90 Å². The van der Waals surface area contributed by atoms with E-state index in [1.54, 1.807) is 0 Å². The summed E-state index contributed by atoms with van der Waals surface area (Å²) in [5.41, 5.74) is 2.28. The number of anilines is 1. The third-order valence-electron chi connectivity index (χ3n) is 3.72. The minimum atomic E-state index is -0.521. The summed E-state index contributed by atoms with van der Waals surface area (Å²) in [5, 5.41) is 13.2. The van der Waals surface area contributed by atoms with Crippen LogP contribution in [0.2, 0.25) is 0 Å². The van der Waals surface area contributed by atoms with Gasteiger partial charge in [-0.2, -0.15) is 0 Å². The predicted octanol–water partition coefficient (Wildman–Crippen LogP) is 3.39. The summed E-state index contributed by atoms with van der Waals surface area (Å²) >= 11 is 0. The van der Waals surface area contributed by atoms with Crippen molar-refractivity contribution in [2.45, 2.75) is 52.6 Å². The van der Waals surface area contributed by atoms with Gasteiger partial charge in [-0.05, 0) is 42.9 Å². The van der Waals surface area contributed by atoms with E-state index < -0.39 is 11.5 Å². The molecule has 1 unspecified atom stereocenters. The first-order valence-electron chi connectivity index (χ1n) is 6.75. The van der Waals surface area contributed by atoms with Crippen molar-refractivity contribution in [3.63, 3.8) is 0 Å². The fourth-order valence-electron chi connectivity index (χ4n) is 2.49. The van der Waals surface area contributed by atoms with Crippen LogP contribution in [0.25, 0.3) is 0 Å². The smallest absolute Gasteiger partial charge is 0.234 e. The van der Waals surface area contributed by atoms with Crippen LogP contribution in [-0.4, -0.2) is 11.0 Å². The second-order valence-corrected chi connectivity index (χ2v) is 7.16. The Hall–Kier alpha value is -1.35. The van der Waals surface area contributed by atoms with Gasteiger partial charge in [0.05, 0.1) is 11.5 Å². The maximum atomic E-state index is 11.9. The lowest BCUT2D eigenvalue weighted by Crippen LogP contribution is -2.27. The number of fused-ring (bicyclic) bond motifs is 1. The highest BCUT2D eigenvalue weighted by atomic mass is 16.3. The summed E-state index contributed by atoms with van der Waals surface area (Å²) in [4.78, 5) is 11.9. The number of carbonyl (C=O) groups is 1. The first-order valence-corrected chi connectivity index (χ1v) is 6.75. The average Bonchev–Trinajstić information content (AvgIpc) is 2.47. The molecule has 1 amide bonds. The lowest BCUT2D eigenvalue weighted by Gasteiger charge is -2.23. The van der Waals surface area contributed by atoms with Crippen LogP contribution in [-0.2, 0) is 10.2 Å². The molecule has 2 N–H and O–H groups in total. The fraction of sp³-hybridized carbons (Fsp3) is 0.562. The molecule has 0 radical (unpaired) electrons. The summed E-state index contributed by atoms with van der Waals surface area (Å²) < 4.78 is 0. The van der Waals surface area contributed by atoms with E-state index in [2.05, 4.69) is 26.1 Å². The van der Waals surface area contributed by atoms with Crippen molar-refractivity contribution in [2.75, 3.05) is 5.32 Å². The molecular weight excluding hydrogens is 238 g/mol. The van der Waals surface area contributed by atoms with E-state index in [-0.39, 0.29) is 11.3 Å². The SMILES string of the molecule is CC(C)(C)CC(O)c1ccc2c(c1)C(C)(C)C(=O)N2. The topological polar surface area (TPSA) is 49.3 Å². The number of nitrogens with one attached hydrogen (secondary N) is 1. The zero-order valence-corrected chi connectivity index (χ0v) is 12.4. The Balaban J connectivity index is 2.33. The number of carbonyl (C=O) groups excluding carboxylic acids is 1. The molecule has 1 aromatic rings. The zero-order valence-electron chi connectivity index (χ0n) is 12.4. The van der Waals surface area contributed by atoms with Crippen LogP contribution in [0.3, 0.4) is 0 Å². The molecule has 3 nitrogen and oxygen atoms in total. The van der Waals surface area contributed by atoms with Gasteiger partial charge < -0.3 is 10.4 Å². The summed E-state index contributed by atoms with van der Waals surface area (Å²) in [6.07, 6.45) is 0.213. The number of amides is 1. The van der Waals surface area contributed by atoms with Gasteiger partial charge in [0.15, 0.2) is 0 Å². The number of aliphatic hydroxyl groups is 1. The van der Waals surface area contributed by atoms with Crippen molar-refractivity contribution in [2.24, 2.45) is 5.41 Å². The van der Waals surface area contributed by atoms with Gasteiger partial charge in [0.1, 0.15) is 0 Å². The highest BCUT2D eigenvalue weighted by Gasteiger charge is 2.38. The van der Waals surface area contributed by atoms with Crippen LogP contribution in [0.5, 0.6) is 0 Å². The molecule has 0 saturated carbocycles. The van der Waals surface area contributed by atoms with E-state index in [1.807, 2.05) is 32.0 Å². The highest BCUT2D eigenvalue weighted by molar-refractivity contribution is 6.05. The third kappa shape index (κ3) is 2.66. The van der Waals surface area contributed by atoms with Crippen molar-refractivity contribution in [3.05, 3.63) is 29.3 Å². The summed E-state index contributed by atoms with van der Waals surface area (Å²) in [6, 6.07) is 5.75. The molecule has 1 aliphatic rings. The highest BCUT2D eigenvalue weighted by Crippen LogP contribution is 2.39. The number of hydrogen-bond acceptors (Lipinski definition) is 2. The Morgan fingerprint density at radius 1 is 1.32 bits per heavy atom. The van der Waals surface area contributed by atoms with Crippen LogP contribution < -0.4 is 5.32 Å². The van der Waals surface area contributed by atoms with Crippen molar-refractivity contribution in [1.29, 1.82) is 0 Å². The van der Waals surface area contributed by atoms with E-state index in [0.717, 1.165) is 16.8 Å². The molecule has 0 fully saturated rings. The number of benzene rings is 1. The second-order valence-electron chi connectivity index (χ2n) is 7.16. The van der Waals surface area contributed by atoms with Gasteiger partial charge in [-0.15, -0.1) is 0 Å². The Morgan fingerprint density at radius 3 is 2.53 bits per heavy atom. The molecule has 1 heterocycles. The summed E-state index contributed by atoms with van der Waals surface area (Å²) in [5.74, 6) is 0.0185. The molecular formula is C16H23NO2. The largest absolute Gasteiger partial charge is 0.388 e. The third-order valence-corrected chi connectivity index (χ3v) is 3.72. The molecule has 0 saturated heterocycles. The Bertz CT molecular complexity index is 512. The van der Waals surface area contributed by atoms with Gasteiger partial charge in [-0.25, -0.2) is 0 Å². The molecule has 0 spiro atoms. The lowest BCUT2D eigenvalue weighted by molar-refractivity contribution is -0.119. The molecule has 104 valence electrons. The van der Waals surface area contributed by atoms with Crippen LogP contribution in [0, 0.1) is 5.41 Å². The van der Waals surface area contributed by atoms with Crippen LogP contribution in [0.15, 0.2) is 18.2 Å². The van der Waals surface area contributed by atoms with Crippen molar-refractivity contribution >= 4 is 11.6 Å². The Kier molecular flexibility index (Phi) is 3.21. The van der Waals surface area contributed by atoms with Gasteiger partial charge in [-0.3, -0.25) is 4.79 Å². The number of aliphatic hydroxyl groups excluding tert-OH is 1. The van der Waals surface area contributed by atoms with Crippen molar-refractivity contribution in [1.82, 2.24) is 0 Å². The van der Waals surface area contributed by atoms with Crippen molar-refractivity contribution < 1.29 is 9.90 Å². The minimum Gasteiger partial charge on any atom is -0.388 e. The van der Waals surface area contributed by atoms with Gasteiger partial charge in [-0.1, -0.05) is 32.9 Å². The number of hydrogen-bond donors (Lipinski definition) is 2. The predicted molar refractivity (Wildman–Crippen MR) is 77.1 cm³/mol. The van der Waals surface area contributed by atoms with Crippen molar-refractivity contribution in [3.8, 4) is 0 Å².